The fourth-order valence-electron chi connectivity index (χ4n) is 1.95. The van der Waals surface area contributed by atoms with E-state index in [1.807, 2.05) is 18.2 Å². The molecule has 116 valence electrons. The van der Waals surface area contributed by atoms with Crippen molar-refractivity contribution in [2.24, 2.45) is 0 Å². The Balaban J connectivity index is 2.70. The van der Waals surface area contributed by atoms with Crippen molar-refractivity contribution in [3.8, 4) is 0 Å². The second-order valence-electron chi connectivity index (χ2n) is 4.63. The van der Waals surface area contributed by atoms with Crippen molar-refractivity contribution < 1.29 is 14.3 Å². The van der Waals surface area contributed by atoms with E-state index in [0.29, 0.717) is 5.69 Å². The molecule has 1 aromatic rings. The molecule has 0 spiro atoms. The lowest BCUT2D eigenvalue weighted by molar-refractivity contribution is -0.117. The molecule has 1 rings (SSSR count). The van der Waals surface area contributed by atoms with Gasteiger partial charge in [0, 0.05) is 12.8 Å². The molecule has 0 radical (unpaired) electrons. The SMILES string of the molecule is CCCCC(OC)c1cccc(NC(=O)NC(=O)CCl)c1. The van der Waals surface area contributed by atoms with Crippen LogP contribution in [0.5, 0.6) is 0 Å². The smallest absolute Gasteiger partial charge is 0.325 e. The number of halogens is 1. The molecule has 6 heteroatoms. The van der Waals surface area contributed by atoms with Gasteiger partial charge in [0.05, 0.1) is 6.10 Å². The summed E-state index contributed by atoms with van der Waals surface area (Å²) in [5, 5.41) is 4.72. The van der Waals surface area contributed by atoms with Crippen molar-refractivity contribution in [2.75, 3.05) is 18.3 Å². The van der Waals surface area contributed by atoms with Gasteiger partial charge in [0.15, 0.2) is 0 Å². The van der Waals surface area contributed by atoms with Gasteiger partial charge >= 0.3 is 6.03 Å². The van der Waals surface area contributed by atoms with Crippen LogP contribution in [0.25, 0.3) is 0 Å². The Labute approximate surface area is 130 Å². The van der Waals surface area contributed by atoms with Gasteiger partial charge in [-0.25, -0.2) is 4.79 Å². The summed E-state index contributed by atoms with van der Waals surface area (Å²) in [5.74, 6) is -0.793. The van der Waals surface area contributed by atoms with Crippen LogP contribution in [0, 0.1) is 0 Å². The van der Waals surface area contributed by atoms with Crippen LogP contribution in [0.3, 0.4) is 0 Å². The van der Waals surface area contributed by atoms with Crippen LogP contribution in [-0.2, 0) is 9.53 Å². The van der Waals surface area contributed by atoms with Crippen LogP contribution < -0.4 is 10.6 Å². The average molecular weight is 313 g/mol. The molecule has 0 heterocycles. The molecule has 1 unspecified atom stereocenters. The molecule has 0 saturated heterocycles. The second kappa shape index (κ2) is 9.37. The molecule has 1 aromatic carbocycles. The number of methoxy groups -OCH3 is 1. The lowest BCUT2D eigenvalue weighted by Crippen LogP contribution is -2.35. The Bertz CT molecular complexity index is 480. The number of hydrogen-bond acceptors (Lipinski definition) is 3. The van der Waals surface area contributed by atoms with E-state index >= 15 is 0 Å². The zero-order chi connectivity index (χ0) is 15.7. The summed E-state index contributed by atoms with van der Waals surface area (Å²) in [4.78, 5) is 22.6. The van der Waals surface area contributed by atoms with Crippen LogP contribution >= 0.6 is 11.6 Å². The van der Waals surface area contributed by atoms with Gasteiger partial charge in [-0.05, 0) is 24.1 Å². The first kappa shape index (κ1) is 17.5. The summed E-state index contributed by atoms with van der Waals surface area (Å²) in [5.41, 5.74) is 1.60. The molecule has 0 aliphatic carbocycles. The minimum Gasteiger partial charge on any atom is -0.377 e. The van der Waals surface area contributed by atoms with Gasteiger partial charge in [0.25, 0.3) is 0 Å². The number of benzene rings is 1. The van der Waals surface area contributed by atoms with Crippen molar-refractivity contribution in [1.29, 1.82) is 0 Å². The monoisotopic (exact) mass is 312 g/mol. The van der Waals surface area contributed by atoms with Crippen molar-refractivity contribution in [1.82, 2.24) is 5.32 Å². The number of carbonyl (C=O) groups is 2. The Morgan fingerprint density at radius 3 is 2.76 bits per heavy atom. The molecule has 0 aliphatic rings. The maximum atomic E-state index is 11.6. The molecule has 0 bridgehead atoms. The molecular weight excluding hydrogens is 292 g/mol. The Morgan fingerprint density at radius 2 is 2.14 bits per heavy atom. The van der Waals surface area contributed by atoms with Crippen LogP contribution in [0.1, 0.15) is 37.9 Å². The predicted molar refractivity (Wildman–Crippen MR) is 83.6 cm³/mol. The van der Waals surface area contributed by atoms with Crippen LogP contribution in [-0.4, -0.2) is 24.9 Å². The van der Waals surface area contributed by atoms with E-state index in [0.717, 1.165) is 24.8 Å². The van der Waals surface area contributed by atoms with Gasteiger partial charge in [-0.15, -0.1) is 11.6 Å². The van der Waals surface area contributed by atoms with Crippen LogP contribution in [0.15, 0.2) is 24.3 Å². The van der Waals surface area contributed by atoms with Gasteiger partial charge in [0.1, 0.15) is 5.88 Å². The third kappa shape index (κ3) is 6.14. The summed E-state index contributed by atoms with van der Waals surface area (Å²) < 4.78 is 5.48. The summed E-state index contributed by atoms with van der Waals surface area (Å²) >= 11 is 5.32. The van der Waals surface area contributed by atoms with Gasteiger partial charge in [-0.2, -0.15) is 0 Å². The molecule has 2 N–H and O–H groups in total. The maximum Gasteiger partial charge on any atom is 0.325 e. The van der Waals surface area contributed by atoms with E-state index < -0.39 is 11.9 Å². The van der Waals surface area contributed by atoms with Crippen LogP contribution in [0.2, 0.25) is 0 Å². The fraction of sp³-hybridized carbons (Fsp3) is 0.467. The number of hydrogen-bond donors (Lipinski definition) is 2. The third-order valence-electron chi connectivity index (χ3n) is 2.99. The molecule has 0 aliphatic heterocycles. The summed E-state index contributed by atoms with van der Waals surface area (Å²) in [7, 11) is 1.67. The highest BCUT2D eigenvalue weighted by Gasteiger charge is 2.12. The topological polar surface area (TPSA) is 67.4 Å². The predicted octanol–water partition coefficient (Wildman–Crippen LogP) is 3.45. The molecular formula is C15H21ClN2O3. The average Bonchev–Trinajstić information content (AvgIpc) is 2.48. The van der Waals surface area contributed by atoms with E-state index in [-0.39, 0.29) is 12.0 Å². The van der Waals surface area contributed by atoms with E-state index in [9.17, 15) is 9.59 Å². The summed E-state index contributed by atoms with van der Waals surface area (Å²) in [6.07, 6.45) is 3.09. The summed E-state index contributed by atoms with van der Waals surface area (Å²) in [6, 6.07) is 6.79. The molecule has 1 atom stereocenters. The van der Waals surface area contributed by atoms with Crippen molar-refractivity contribution in [3.05, 3.63) is 29.8 Å². The molecule has 0 saturated carbocycles. The molecule has 3 amide bonds. The zero-order valence-electron chi connectivity index (χ0n) is 12.3. The first-order valence-corrected chi connectivity index (χ1v) is 7.43. The normalized spacial score (nSPS) is 11.8. The number of alkyl halides is 1. The maximum absolute atomic E-state index is 11.6. The number of unbranched alkanes of at least 4 members (excludes halogenated alkanes) is 1. The molecule has 0 fully saturated rings. The van der Waals surface area contributed by atoms with Crippen molar-refractivity contribution >= 4 is 29.2 Å². The number of ether oxygens (including phenoxy) is 1. The largest absolute Gasteiger partial charge is 0.377 e. The van der Waals surface area contributed by atoms with E-state index in [2.05, 4.69) is 17.6 Å². The molecule has 0 aromatic heterocycles. The van der Waals surface area contributed by atoms with Gasteiger partial charge in [-0.3, -0.25) is 10.1 Å². The Morgan fingerprint density at radius 1 is 1.38 bits per heavy atom. The quantitative estimate of drug-likeness (QED) is 0.758. The number of imide groups is 1. The van der Waals surface area contributed by atoms with E-state index in [1.165, 1.54) is 0 Å². The lowest BCUT2D eigenvalue weighted by Gasteiger charge is -2.16. The number of nitrogens with one attached hydrogen (secondary N) is 2. The van der Waals surface area contributed by atoms with Gasteiger partial charge < -0.3 is 10.1 Å². The number of anilines is 1. The van der Waals surface area contributed by atoms with E-state index in [1.54, 1.807) is 13.2 Å². The lowest BCUT2D eigenvalue weighted by atomic mass is 10.0. The van der Waals surface area contributed by atoms with E-state index in [4.69, 9.17) is 16.3 Å². The first-order chi connectivity index (χ1) is 10.1. The Hall–Kier alpha value is -1.59. The first-order valence-electron chi connectivity index (χ1n) is 6.90. The minimum absolute atomic E-state index is 0.000708. The number of carbonyl (C=O) groups excluding carboxylic acids is 2. The Kier molecular flexibility index (Phi) is 7.79. The van der Waals surface area contributed by atoms with Crippen LogP contribution in [0.4, 0.5) is 10.5 Å². The highest BCUT2D eigenvalue weighted by molar-refractivity contribution is 6.28. The van der Waals surface area contributed by atoms with Gasteiger partial charge in [0.2, 0.25) is 5.91 Å². The number of amides is 3. The molecule has 5 nitrogen and oxygen atoms in total. The number of rotatable bonds is 7. The highest BCUT2D eigenvalue weighted by atomic mass is 35.5. The third-order valence-corrected chi connectivity index (χ3v) is 3.24. The second-order valence-corrected chi connectivity index (χ2v) is 4.90. The zero-order valence-corrected chi connectivity index (χ0v) is 13.1. The fourth-order valence-corrected chi connectivity index (χ4v) is 2.02. The minimum atomic E-state index is -0.597. The van der Waals surface area contributed by atoms with Crippen molar-refractivity contribution in [3.63, 3.8) is 0 Å². The van der Waals surface area contributed by atoms with Crippen molar-refractivity contribution in [2.45, 2.75) is 32.3 Å². The standard InChI is InChI=1S/C15H21ClN2O3/c1-3-4-8-13(21-2)11-6-5-7-12(9-11)17-15(20)18-14(19)10-16/h5-7,9,13H,3-4,8,10H2,1-2H3,(H2,17,18,19,20). The summed E-state index contributed by atoms with van der Waals surface area (Å²) in [6.45, 7) is 2.13. The number of urea groups is 1. The molecule has 21 heavy (non-hydrogen) atoms. The van der Waals surface area contributed by atoms with Gasteiger partial charge in [-0.1, -0.05) is 31.9 Å². The highest BCUT2D eigenvalue weighted by Crippen LogP contribution is 2.25.